The molecule has 1 nitrogen and oxygen atoms in total. The van der Waals surface area contributed by atoms with Gasteiger partial charge in [-0.3, -0.25) is 0 Å². The van der Waals surface area contributed by atoms with Crippen molar-refractivity contribution in [1.82, 2.24) is 0 Å². The van der Waals surface area contributed by atoms with Crippen molar-refractivity contribution >= 4 is 11.8 Å². The Morgan fingerprint density at radius 3 is 1.78 bits per heavy atom. The average Bonchev–Trinajstić information content (AvgIpc) is 2.63. The summed E-state index contributed by atoms with van der Waals surface area (Å²) < 4.78 is 0. The van der Waals surface area contributed by atoms with Gasteiger partial charge in [-0.1, -0.05) is 78.9 Å². The van der Waals surface area contributed by atoms with Crippen LogP contribution in [-0.2, 0) is 0 Å². The van der Waals surface area contributed by atoms with Crippen LogP contribution in [0.3, 0.4) is 0 Å². The molecule has 1 radical (unpaired) electrons. The second kappa shape index (κ2) is 8.00. The lowest BCUT2D eigenvalue weighted by atomic mass is 9.85. The smallest absolute Gasteiger partial charge is 0.0640 e. The number of nitrogens with two attached hydrogens (primary N) is 1. The van der Waals surface area contributed by atoms with E-state index >= 15 is 0 Å². The molecule has 0 saturated heterocycles. The number of rotatable bonds is 6. The van der Waals surface area contributed by atoms with Crippen molar-refractivity contribution in [3.05, 3.63) is 108 Å². The molecule has 3 aromatic carbocycles. The summed E-state index contributed by atoms with van der Waals surface area (Å²) in [6.07, 6.45) is 0. The van der Waals surface area contributed by atoms with E-state index in [1.54, 1.807) is 0 Å². The minimum Gasteiger partial charge on any atom is -0.330 e. The van der Waals surface area contributed by atoms with Gasteiger partial charge >= 0.3 is 0 Å². The first-order chi connectivity index (χ1) is 11.4. The van der Waals surface area contributed by atoms with E-state index in [-0.39, 0.29) is 0 Å². The van der Waals surface area contributed by atoms with Crippen LogP contribution in [0, 0.1) is 5.92 Å². The number of thioether (sulfide) groups is 1. The molecule has 0 aromatic heterocycles. The van der Waals surface area contributed by atoms with Crippen LogP contribution < -0.4 is 5.73 Å². The summed E-state index contributed by atoms with van der Waals surface area (Å²) >= 11 is 1.82. The van der Waals surface area contributed by atoms with Crippen LogP contribution in [0.4, 0.5) is 0 Å². The Kier molecular flexibility index (Phi) is 5.51. The van der Waals surface area contributed by atoms with Crippen LogP contribution in [0.1, 0.15) is 16.7 Å². The van der Waals surface area contributed by atoms with Gasteiger partial charge in [0.1, 0.15) is 0 Å². The summed E-state index contributed by atoms with van der Waals surface area (Å²) in [5.41, 5.74) is 9.44. The SMILES string of the molecule is NCCSc1ccccc1[C](c1ccccc1)c1ccccc1. The molecule has 3 rings (SSSR count). The van der Waals surface area contributed by atoms with Gasteiger partial charge in [0.15, 0.2) is 0 Å². The maximum Gasteiger partial charge on any atom is 0.0640 e. The second-order valence-electron chi connectivity index (χ2n) is 5.24. The van der Waals surface area contributed by atoms with Gasteiger partial charge in [0.25, 0.3) is 0 Å². The molecule has 0 atom stereocenters. The zero-order chi connectivity index (χ0) is 15.9. The maximum absolute atomic E-state index is 5.70. The Bertz CT molecular complexity index is 686. The molecule has 2 heteroatoms. The van der Waals surface area contributed by atoms with E-state index in [2.05, 4.69) is 84.9 Å². The van der Waals surface area contributed by atoms with Gasteiger partial charge in [0.05, 0.1) is 5.92 Å². The van der Waals surface area contributed by atoms with Crippen molar-refractivity contribution in [3.8, 4) is 0 Å². The number of hydrogen-bond acceptors (Lipinski definition) is 2. The Morgan fingerprint density at radius 1 is 0.696 bits per heavy atom. The van der Waals surface area contributed by atoms with Crippen molar-refractivity contribution in [2.45, 2.75) is 4.90 Å². The average molecular weight is 318 g/mol. The molecule has 0 aliphatic heterocycles. The highest BCUT2D eigenvalue weighted by Crippen LogP contribution is 2.36. The van der Waals surface area contributed by atoms with Crippen molar-refractivity contribution < 1.29 is 0 Å². The third kappa shape index (κ3) is 3.84. The normalized spacial score (nSPS) is 10.9. The zero-order valence-corrected chi connectivity index (χ0v) is 13.8. The van der Waals surface area contributed by atoms with Crippen molar-refractivity contribution in [2.24, 2.45) is 5.73 Å². The molecule has 0 aliphatic rings. The molecule has 115 valence electrons. The third-order valence-corrected chi connectivity index (χ3v) is 4.76. The van der Waals surface area contributed by atoms with Gasteiger partial charge in [-0.15, -0.1) is 11.8 Å². The van der Waals surface area contributed by atoms with E-state index in [9.17, 15) is 0 Å². The maximum atomic E-state index is 5.70. The molecule has 2 N–H and O–H groups in total. The first kappa shape index (κ1) is 15.9. The van der Waals surface area contributed by atoms with Crippen molar-refractivity contribution in [2.75, 3.05) is 12.3 Å². The van der Waals surface area contributed by atoms with Crippen molar-refractivity contribution in [3.63, 3.8) is 0 Å². The van der Waals surface area contributed by atoms with Gasteiger partial charge in [0, 0.05) is 17.2 Å². The fourth-order valence-electron chi connectivity index (χ4n) is 2.66. The Hall–Kier alpha value is -2.03. The molecule has 0 fully saturated rings. The zero-order valence-electron chi connectivity index (χ0n) is 13.0. The van der Waals surface area contributed by atoms with Crippen LogP contribution in [0.25, 0.3) is 0 Å². The lowest BCUT2D eigenvalue weighted by molar-refractivity contribution is 1.13. The molecule has 0 amide bonds. The molecular formula is C21H20NS. The summed E-state index contributed by atoms with van der Waals surface area (Å²) in [4.78, 5) is 1.28. The quantitative estimate of drug-likeness (QED) is 0.524. The summed E-state index contributed by atoms with van der Waals surface area (Å²) in [6, 6.07) is 29.8. The summed E-state index contributed by atoms with van der Waals surface area (Å²) in [5, 5.41) is 0. The van der Waals surface area contributed by atoms with Crippen LogP contribution >= 0.6 is 11.8 Å². The van der Waals surface area contributed by atoms with Gasteiger partial charge in [-0.25, -0.2) is 0 Å². The molecule has 0 unspecified atom stereocenters. The van der Waals surface area contributed by atoms with Crippen LogP contribution in [-0.4, -0.2) is 12.3 Å². The summed E-state index contributed by atoms with van der Waals surface area (Å²) in [7, 11) is 0. The van der Waals surface area contributed by atoms with Crippen molar-refractivity contribution in [1.29, 1.82) is 0 Å². The van der Waals surface area contributed by atoms with Gasteiger partial charge in [0.2, 0.25) is 0 Å². The summed E-state index contributed by atoms with van der Waals surface area (Å²) in [5.74, 6) is 2.19. The molecular weight excluding hydrogens is 298 g/mol. The predicted molar refractivity (Wildman–Crippen MR) is 99.7 cm³/mol. The fourth-order valence-corrected chi connectivity index (χ4v) is 3.49. The Labute approximate surface area is 142 Å². The molecule has 0 saturated carbocycles. The minimum absolute atomic E-state index is 0.686. The molecule has 0 aliphatic carbocycles. The highest BCUT2D eigenvalue weighted by molar-refractivity contribution is 7.99. The van der Waals surface area contributed by atoms with E-state index in [1.165, 1.54) is 27.5 Å². The number of benzene rings is 3. The lowest BCUT2D eigenvalue weighted by Crippen LogP contribution is -2.07. The molecule has 3 aromatic rings. The minimum atomic E-state index is 0.686. The highest BCUT2D eigenvalue weighted by atomic mass is 32.2. The largest absolute Gasteiger partial charge is 0.330 e. The van der Waals surface area contributed by atoms with E-state index in [1.807, 2.05) is 11.8 Å². The lowest BCUT2D eigenvalue weighted by Gasteiger charge is -2.20. The second-order valence-corrected chi connectivity index (χ2v) is 6.38. The third-order valence-electron chi connectivity index (χ3n) is 3.66. The van der Waals surface area contributed by atoms with Crippen LogP contribution in [0.2, 0.25) is 0 Å². The monoisotopic (exact) mass is 318 g/mol. The topological polar surface area (TPSA) is 26.0 Å². The fraction of sp³-hybridized carbons (Fsp3) is 0.0952. The first-order valence-corrected chi connectivity index (χ1v) is 8.79. The molecule has 0 bridgehead atoms. The molecule has 23 heavy (non-hydrogen) atoms. The Morgan fingerprint density at radius 2 is 1.22 bits per heavy atom. The van der Waals surface area contributed by atoms with E-state index in [0.717, 1.165) is 5.75 Å². The Balaban J connectivity index is 2.10. The number of hydrogen-bond donors (Lipinski definition) is 1. The van der Waals surface area contributed by atoms with Crippen LogP contribution in [0.5, 0.6) is 0 Å². The van der Waals surface area contributed by atoms with Gasteiger partial charge < -0.3 is 5.73 Å². The van der Waals surface area contributed by atoms with Gasteiger partial charge in [-0.2, -0.15) is 0 Å². The predicted octanol–water partition coefficient (Wildman–Crippen LogP) is 4.76. The first-order valence-electron chi connectivity index (χ1n) is 7.80. The standard InChI is InChI=1S/C21H20NS/c22-15-16-23-20-14-8-7-13-19(20)21(17-9-3-1-4-10-17)18-11-5-2-6-12-18/h1-14H,15-16,22H2. The molecule has 0 heterocycles. The van der Waals surface area contributed by atoms with Gasteiger partial charge in [-0.05, 0) is 22.8 Å². The summed E-state index contributed by atoms with van der Waals surface area (Å²) in [6.45, 7) is 0.686. The van der Waals surface area contributed by atoms with Crippen LogP contribution in [0.15, 0.2) is 89.8 Å². The highest BCUT2D eigenvalue weighted by Gasteiger charge is 2.20. The molecule has 0 spiro atoms. The van der Waals surface area contributed by atoms with E-state index in [4.69, 9.17) is 5.73 Å². The van der Waals surface area contributed by atoms with E-state index < -0.39 is 0 Å². The van der Waals surface area contributed by atoms with E-state index in [0.29, 0.717) is 6.54 Å².